The third-order valence-electron chi connectivity index (χ3n) is 3.90. The quantitative estimate of drug-likeness (QED) is 0.377. The monoisotopic (exact) mass is 387 g/mol. The molecule has 0 aliphatic carbocycles. The number of nitrogens with one attached hydrogen (secondary N) is 1. The number of carbonyl (C=O) groups is 3. The highest BCUT2D eigenvalue weighted by molar-refractivity contribution is 6.30. The Morgan fingerprint density at radius 3 is 2.41 bits per heavy atom. The highest BCUT2D eigenvalue weighted by atomic mass is 35.5. The van der Waals surface area contributed by atoms with Gasteiger partial charge in [-0.25, -0.2) is 4.79 Å². The van der Waals surface area contributed by atoms with Crippen LogP contribution in [0.15, 0.2) is 48.5 Å². The first-order chi connectivity index (χ1) is 13.0. The summed E-state index contributed by atoms with van der Waals surface area (Å²) in [7, 11) is 0. The second kappa shape index (κ2) is 10.5. The van der Waals surface area contributed by atoms with Gasteiger partial charge >= 0.3 is 5.97 Å². The molecule has 0 radical (unpaired) electrons. The predicted molar refractivity (Wildman–Crippen MR) is 105 cm³/mol. The average Bonchev–Trinajstić information content (AvgIpc) is 2.67. The molecule has 0 aliphatic heterocycles. The Hall–Kier alpha value is -2.66. The zero-order valence-electron chi connectivity index (χ0n) is 15.2. The number of Topliss-reactive ketones (excluding diaryl/α,β-unsaturated/α-hetero) is 1. The van der Waals surface area contributed by atoms with E-state index in [0.717, 1.165) is 12.8 Å². The number of unbranched alkanes of at least 4 members (excludes halogenated alkanes) is 1. The van der Waals surface area contributed by atoms with E-state index in [1.54, 1.807) is 48.5 Å². The first-order valence-electron chi connectivity index (χ1n) is 8.86. The van der Waals surface area contributed by atoms with Gasteiger partial charge in [0, 0.05) is 23.4 Å². The van der Waals surface area contributed by atoms with Gasteiger partial charge in [-0.05, 0) is 42.8 Å². The van der Waals surface area contributed by atoms with Gasteiger partial charge in [0.05, 0.1) is 17.9 Å². The van der Waals surface area contributed by atoms with Crippen molar-refractivity contribution in [3.63, 3.8) is 0 Å². The molecule has 2 rings (SSSR count). The number of anilines is 1. The van der Waals surface area contributed by atoms with Crippen LogP contribution in [0, 0.1) is 0 Å². The van der Waals surface area contributed by atoms with E-state index >= 15 is 0 Å². The van der Waals surface area contributed by atoms with Crippen molar-refractivity contribution in [1.82, 2.24) is 0 Å². The fourth-order valence-corrected chi connectivity index (χ4v) is 2.50. The molecular formula is C21H22ClNO4. The smallest absolute Gasteiger partial charge is 0.340 e. The van der Waals surface area contributed by atoms with Gasteiger partial charge in [0.25, 0.3) is 0 Å². The van der Waals surface area contributed by atoms with Gasteiger partial charge in [0.2, 0.25) is 5.91 Å². The van der Waals surface area contributed by atoms with Crippen molar-refractivity contribution in [1.29, 1.82) is 0 Å². The summed E-state index contributed by atoms with van der Waals surface area (Å²) in [5.41, 5.74) is 1.18. The molecule has 2 aromatic rings. The molecule has 27 heavy (non-hydrogen) atoms. The third-order valence-corrected chi connectivity index (χ3v) is 4.15. The van der Waals surface area contributed by atoms with Crippen molar-refractivity contribution in [2.24, 2.45) is 0 Å². The average molecular weight is 388 g/mol. The fourth-order valence-electron chi connectivity index (χ4n) is 2.38. The predicted octanol–water partition coefficient (Wildman–Crippen LogP) is 4.90. The number of ketones is 1. The molecule has 0 saturated heterocycles. The zero-order chi connectivity index (χ0) is 19.6. The second-order valence-electron chi connectivity index (χ2n) is 6.01. The number of amides is 1. The number of carbonyl (C=O) groups excluding carboxylic acids is 3. The van der Waals surface area contributed by atoms with Gasteiger partial charge in [-0.2, -0.15) is 0 Å². The van der Waals surface area contributed by atoms with Gasteiger partial charge < -0.3 is 10.1 Å². The number of hydrogen-bond donors (Lipinski definition) is 1. The van der Waals surface area contributed by atoms with Crippen molar-refractivity contribution < 1.29 is 19.1 Å². The number of hydrogen-bond acceptors (Lipinski definition) is 4. The summed E-state index contributed by atoms with van der Waals surface area (Å²) in [4.78, 5) is 36.5. The lowest BCUT2D eigenvalue weighted by Gasteiger charge is -2.11. The highest BCUT2D eigenvalue weighted by Gasteiger charge is 2.15. The van der Waals surface area contributed by atoms with E-state index in [9.17, 15) is 14.4 Å². The van der Waals surface area contributed by atoms with Crippen molar-refractivity contribution >= 4 is 34.9 Å². The number of rotatable bonds is 9. The van der Waals surface area contributed by atoms with Crippen LogP contribution in [0.25, 0.3) is 0 Å². The Morgan fingerprint density at radius 1 is 1.00 bits per heavy atom. The van der Waals surface area contributed by atoms with Crippen LogP contribution in [0.4, 0.5) is 5.69 Å². The second-order valence-corrected chi connectivity index (χ2v) is 6.45. The van der Waals surface area contributed by atoms with Crippen molar-refractivity contribution in [2.75, 3.05) is 11.9 Å². The van der Waals surface area contributed by atoms with Crippen LogP contribution in [0.1, 0.15) is 53.3 Å². The summed E-state index contributed by atoms with van der Waals surface area (Å²) in [5, 5.41) is 3.23. The molecule has 0 spiro atoms. The molecule has 5 nitrogen and oxygen atoms in total. The number of esters is 1. The van der Waals surface area contributed by atoms with Gasteiger partial charge in [-0.3, -0.25) is 9.59 Å². The molecular weight excluding hydrogens is 366 g/mol. The molecule has 0 unspecified atom stereocenters. The molecule has 6 heteroatoms. The van der Waals surface area contributed by atoms with Gasteiger partial charge in [0.1, 0.15) is 0 Å². The van der Waals surface area contributed by atoms with Gasteiger partial charge in [-0.1, -0.05) is 37.1 Å². The van der Waals surface area contributed by atoms with E-state index in [1.165, 1.54) is 0 Å². The van der Waals surface area contributed by atoms with Crippen molar-refractivity contribution in [2.45, 2.75) is 32.6 Å². The van der Waals surface area contributed by atoms with Crippen LogP contribution >= 0.6 is 11.6 Å². The van der Waals surface area contributed by atoms with Crippen LogP contribution in [0.5, 0.6) is 0 Å². The summed E-state index contributed by atoms with van der Waals surface area (Å²) < 4.78 is 5.20. The maximum atomic E-state index is 12.2. The minimum Gasteiger partial charge on any atom is -0.462 e. The lowest BCUT2D eigenvalue weighted by molar-refractivity contribution is -0.116. The normalized spacial score (nSPS) is 10.3. The largest absolute Gasteiger partial charge is 0.462 e. The van der Waals surface area contributed by atoms with Crippen LogP contribution in [-0.2, 0) is 9.53 Å². The summed E-state index contributed by atoms with van der Waals surface area (Å²) in [6.45, 7) is 2.35. The van der Waals surface area contributed by atoms with Gasteiger partial charge in [0.15, 0.2) is 5.78 Å². The molecule has 0 aromatic heterocycles. The Balaban J connectivity index is 1.92. The zero-order valence-corrected chi connectivity index (χ0v) is 15.9. The molecule has 0 aliphatic rings. The first-order valence-corrected chi connectivity index (χ1v) is 9.24. The summed E-state index contributed by atoms with van der Waals surface area (Å²) in [5.74, 6) is -0.961. The Bertz CT molecular complexity index is 802. The molecule has 142 valence electrons. The summed E-state index contributed by atoms with van der Waals surface area (Å²) in [6.07, 6.45) is 1.79. The van der Waals surface area contributed by atoms with Crippen LogP contribution in [0.2, 0.25) is 5.02 Å². The molecule has 2 aromatic carbocycles. The minimum atomic E-state index is -0.475. The minimum absolute atomic E-state index is 0.0146. The van der Waals surface area contributed by atoms with E-state index < -0.39 is 5.97 Å². The molecule has 0 atom stereocenters. The SMILES string of the molecule is CCCCOC(=O)c1ccccc1NC(=O)CCC(=O)c1ccc(Cl)cc1. The van der Waals surface area contributed by atoms with E-state index in [0.29, 0.717) is 28.4 Å². The molecule has 0 bridgehead atoms. The summed E-state index contributed by atoms with van der Waals surface area (Å²) in [6, 6.07) is 13.2. The molecule has 0 heterocycles. The maximum absolute atomic E-state index is 12.2. The number of para-hydroxylation sites is 1. The number of ether oxygens (including phenoxy) is 1. The topological polar surface area (TPSA) is 72.5 Å². The highest BCUT2D eigenvalue weighted by Crippen LogP contribution is 2.18. The Morgan fingerprint density at radius 2 is 1.70 bits per heavy atom. The lowest BCUT2D eigenvalue weighted by Crippen LogP contribution is -2.17. The van der Waals surface area contributed by atoms with E-state index in [2.05, 4.69) is 5.32 Å². The third kappa shape index (κ3) is 6.53. The van der Waals surface area contributed by atoms with E-state index in [1.807, 2.05) is 6.92 Å². The lowest BCUT2D eigenvalue weighted by atomic mass is 10.1. The number of benzene rings is 2. The van der Waals surface area contributed by atoms with Gasteiger partial charge in [-0.15, -0.1) is 0 Å². The fraction of sp³-hybridized carbons (Fsp3) is 0.286. The first kappa shape index (κ1) is 20.6. The molecule has 1 N–H and O–H groups in total. The standard InChI is InChI=1S/C21H22ClNO4/c1-2-3-14-27-21(26)17-6-4-5-7-18(17)23-20(25)13-12-19(24)15-8-10-16(22)11-9-15/h4-11H,2-3,12-14H2,1H3,(H,23,25). The van der Waals surface area contributed by atoms with E-state index in [4.69, 9.17) is 16.3 Å². The molecule has 1 amide bonds. The molecule has 0 fully saturated rings. The Kier molecular flexibility index (Phi) is 8.01. The van der Waals surface area contributed by atoms with E-state index in [-0.39, 0.29) is 24.5 Å². The van der Waals surface area contributed by atoms with Crippen LogP contribution < -0.4 is 5.32 Å². The molecule has 0 saturated carbocycles. The summed E-state index contributed by atoms with van der Waals surface area (Å²) >= 11 is 5.80. The van der Waals surface area contributed by atoms with Crippen molar-refractivity contribution in [3.05, 3.63) is 64.7 Å². The van der Waals surface area contributed by atoms with Crippen molar-refractivity contribution in [3.8, 4) is 0 Å². The maximum Gasteiger partial charge on any atom is 0.340 e. The Labute approximate surface area is 163 Å². The number of halogens is 1. The van der Waals surface area contributed by atoms with Crippen LogP contribution in [-0.4, -0.2) is 24.3 Å². The van der Waals surface area contributed by atoms with Crippen LogP contribution in [0.3, 0.4) is 0 Å².